The van der Waals surface area contributed by atoms with E-state index in [9.17, 15) is 9.59 Å². The molecule has 0 saturated carbocycles. The highest BCUT2D eigenvalue weighted by Gasteiger charge is 2.43. The molecule has 0 N–H and O–H groups in total. The van der Waals surface area contributed by atoms with Crippen molar-refractivity contribution in [2.75, 3.05) is 0 Å². The second-order valence-corrected chi connectivity index (χ2v) is 7.33. The van der Waals surface area contributed by atoms with Gasteiger partial charge in [0.05, 0.1) is 6.10 Å². The van der Waals surface area contributed by atoms with Crippen molar-refractivity contribution in [2.24, 2.45) is 10.9 Å². The molecule has 0 aromatic carbocycles. The molecule has 1 aliphatic heterocycles. The van der Waals surface area contributed by atoms with Gasteiger partial charge in [0.25, 0.3) is 0 Å². The Morgan fingerprint density at radius 3 is 2.83 bits per heavy atom. The number of hydrogen-bond donors (Lipinski definition) is 0. The zero-order valence-corrected chi connectivity index (χ0v) is 14.5. The molecule has 0 radical (unpaired) electrons. The second-order valence-electron chi connectivity index (χ2n) is 6.35. The summed E-state index contributed by atoms with van der Waals surface area (Å²) in [5, 5.41) is 1.98. The molecule has 1 aromatic heterocycles. The van der Waals surface area contributed by atoms with Crippen LogP contribution in [0.5, 0.6) is 0 Å². The van der Waals surface area contributed by atoms with Gasteiger partial charge in [0, 0.05) is 34.2 Å². The maximum absolute atomic E-state index is 12.7. The van der Waals surface area contributed by atoms with E-state index in [0.717, 1.165) is 34.7 Å². The maximum Gasteiger partial charge on any atom is 0.315 e. The minimum Gasteiger partial charge on any atom is -0.462 e. The van der Waals surface area contributed by atoms with Crippen LogP contribution < -0.4 is 0 Å². The van der Waals surface area contributed by atoms with E-state index in [-0.39, 0.29) is 23.8 Å². The van der Waals surface area contributed by atoms with E-state index in [4.69, 9.17) is 4.74 Å². The fourth-order valence-electron chi connectivity index (χ4n) is 3.39. The zero-order chi connectivity index (χ0) is 16.6. The lowest BCUT2D eigenvalue weighted by atomic mass is 9.74. The van der Waals surface area contributed by atoms with Gasteiger partial charge in [0.15, 0.2) is 5.78 Å². The average Bonchev–Trinajstić information content (AvgIpc) is 2.99. The number of hydrogen-bond acceptors (Lipinski definition) is 5. The summed E-state index contributed by atoms with van der Waals surface area (Å²) < 4.78 is 5.45. The van der Waals surface area contributed by atoms with Crippen LogP contribution in [-0.2, 0) is 14.3 Å². The van der Waals surface area contributed by atoms with Gasteiger partial charge in [-0.15, -0.1) is 11.3 Å². The monoisotopic (exact) mass is 331 g/mol. The smallest absolute Gasteiger partial charge is 0.315 e. The van der Waals surface area contributed by atoms with Crippen molar-refractivity contribution in [1.29, 1.82) is 0 Å². The highest BCUT2D eigenvalue weighted by atomic mass is 32.1. The first-order valence-electron chi connectivity index (χ1n) is 8.04. The third kappa shape index (κ3) is 3.02. The van der Waals surface area contributed by atoms with E-state index in [1.165, 1.54) is 0 Å². The van der Waals surface area contributed by atoms with Crippen LogP contribution in [0.1, 0.15) is 50.8 Å². The molecule has 1 aliphatic carbocycles. The van der Waals surface area contributed by atoms with E-state index in [0.29, 0.717) is 6.42 Å². The number of aliphatic imine (C=N–C) groups is 1. The molecule has 1 aromatic rings. The van der Waals surface area contributed by atoms with Crippen molar-refractivity contribution in [1.82, 2.24) is 0 Å². The molecule has 0 saturated heterocycles. The first-order chi connectivity index (χ1) is 11.0. The number of ketones is 1. The van der Waals surface area contributed by atoms with Crippen LogP contribution >= 0.6 is 11.3 Å². The number of carbonyl (C=O) groups excluding carboxylic acids is 2. The molecule has 1 unspecified atom stereocenters. The van der Waals surface area contributed by atoms with Gasteiger partial charge in [-0.2, -0.15) is 0 Å². The molecule has 0 fully saturated rings. The lowest BCUT2D eigenvalue weighted by molar-refractivity contribution is -0.150. The Balaban J connectivity index is 2.09. The number of Topliss-reactive ketones (excluding diaryl/α,β-unsaturated/α-hetero) is 1. The Labute approximate surface area is 140 Å². The van der Waals surface area contributed by atoms with Gasteiger partial charge >= 0.3 is 5.97 Å². The van der Waals surface area contributed by atoms with Crippen LogP contribution in [0.3, 0.4) is 0 Å². The summed E-state index contributed by atoms with van der Waals surface area (Å²) >= 11 is 1.58. The van der Waals surface area contributed by atoms with Gasteiger partial charge in [-0.05, 0) is 45.1 Å². The van der Waals surface area contributed by atoms with Gasteiger partial charge in [-0.1, -0.05) is 6.07 Å². The summed E-state index contributed by atoms with van der Waals surface area (Å²) in [4.78, 5) is 30.9. The van der Waals surface area contributed by atoms with Gasteiger partial charge < -0.3 is 4.74 Å². The summed E-state index contributed by atoms with van der Waals surface area (Å²) in [6.45, 7) is 5.54. The molecule has 0 bridgehead atoms. The van der Waals surface area contributed by atoms with E-state index < -0.39 is 5.92 Å². The Morgan fingerprint density at radius 2 is 2.17 bits per heavy atom. The molecule has 0 amide bonds. The summed E-state index contributed by atoms with van der Waals surface area (Å²) in [5.74, 6) is -0.911. The molecular formula is C18H21NO3S. The molecule has 2 aliphatic rings. The molecular weight excluding hydrogens is 310 g/mol. The van der Waals surface area contributed by atoms with Crippen LogP contribution in [0.25, 0.3) is 0 Å². The van der Waals surface area contributed by atoms with Crippen LogP contribution in [0.4, 0.5) is 0 Å². The van der Waals surface area contributed by atoms with Crippen LogP contribution in [-0.4, -0.2) is 23.6 Å². The van der Waals surface area contributed by atoms with Crippen molar-refractivity contribution in [3.05, 3.63) is 33.7 Å². The van der Waals surface area contributed by atoms with E-state index >= 15 is 0 Å². The predicted molar refractivity (Wildman–Crippen MR) is 90.8 cm³/mol. The summed E-state index contributed by atoms with van der Waals surface area (Å²) in [5.41, 5.74) is 2.35. The van der Waals surface area contributed by atoms with Gasteiger partial charge in [-0.3, -0.25) is 14.6 Å². The highest BCUT2D eigenvalue weighted by Crippen LogP contribution is 2.44. The summed E-state index contributed by atoms with van der Waals surface area (Å²) in [6.07, 6.45) is 2.01. The molecule has 4 nitrogen and oxygen atoms in total. The Kier molecular flexibility index (Phi) is 4.48. The number of rotatable bonds is 3. The Hall–Kier alpha value is -1.75. The van der Waals surface area contributed by atoms with Crippen LogP contribution in [0, 0.1) is 5.92 Å². The molecule has 3 rings (SSSR count). The topological polar surface area (TPSA) is 55.7 Å². The van der Waals surface area contributed by atoms with Gasteiger partial charge in [0.2, 0.25) is 0 Å². The third-order valence-electron chi connectivity index (χ3n) is 4.29. The first-order valence-corrected chi connectivity index (χ1v) is 8.92. The van der Waals surface area contributed by atoms with Crippen molar-refractivity contribution in [2.45, 2.75) is 52.1 Å². The highest BCUT2D eigenvalue weighted by molar-refractivity contribution is 7.10. The van der Waals surface area contributed by atoms with E-state index in [1.807, 2.05) is 38.3 Å². The molecule has 0 spiro atoms. The number of esters is 1. The first kappa shape index (κ1) is 16.1. The fraction of sp³-hybridized carbons (Fsp3) is 0.500. The van der Waals surface area contributed by atoms with Crippen LogP contribution in [0.2, 0.25) is 0 Å². The van der Waals surface area contributed by atoms with Crippen molar-refractivity contribution < 1.29 is 14.3 Å². The van der Waals surface area contributed by atoms with Gasteiger partial charge in [-0.25, -0.2) is 0 Å². The van der Waals surface area contributed by atoms with Crippen molar-refractivity contribution >= 4 is 28.8 Å². The zero-order valence-electron chi connectivity index (χ0n) is 13.7. The second kappa shape index (κ2) is 6.40. The summed E-state index contributed by atoms with van der Waals surface area (Å²) in [7, 11) is 0. The molecule has 2 atom stereocenters. The number of thiophene rings is 1. The minimum atomic E-state index is -0.503. The normalized spacial score (nSPS) is 24.5. The van der Waals surface area contributed by atoms with Crippen molar-refractivity contribution in [3.63, 3.8) is 0 Å². The number of carbonyl (C=O) groups is 2. The summed E-state index contributed by atoms with van der Waals surface area (Å²) in [6, 6.07) is 3.95. The quantitative estimate of drug-likeness (QED) is 0.790. The fourth-order valence-corrected chi connectivity index (χ4v) is 4.26. The van der Waals surface area contributed by atoms with Crippen molar-refractivity contribution in [3.8, 4) is 0 Å². The minimum absolute atomic E-state index is 0.128. The lowest BCUT2D eigenvalue weighted by Gasteiger charge is -2.34. The van der Waals surface area contributed by atoms with E-state index in [2.05, 4.69) is 4.99 Å². The number of ether oxygens (including phenoxy) is 1. The average molecular weight is 331 g/mol. The standard InChI is InChI=1S/C18H21NO3S/c1-10(2)22-18(21)15-11(3)19-12-6-4-7-13(20)16(12)17(15)14-8-5-9-23-14/h5,8-10,15,17H,4,6-7H2,1-3H3/t15?,17-/m1/s1. The lowest BCUT2D eigenvalue weighted by Crippen LogP contribution is -2.37. The molecule has 5 heteroatoms. The molecule has 122 valence electrons. The molecule has 23 heavy (non-hydrogen) atoms. The largest absolute Gasteiger partial charge is 0.462 e. The van der Waals surface area contributed by atoms with Gasteiger partial charge in [0.1, 0.15) is 5.92 Å². The molecule has 2 heterocycles. The number of allylic oxidation sites excluding steroid dienone is 2. The van der Waals surface area contributed by atoms with E-state index in [1.54, 1.807) is 11.3 Å². The van der Waals surface area contributed by atoms with Crippen LogP contribution in [0.15, 0.2) is 33.8 Å². The number of nitrogens with zero attached hydrogens (tertiary/aromatic N) is 1. The Bertz CT molecular complexity index is 685. The predicted octanol–water partition coefficient (Wildman–Crippen LogP) is 3.88. The Morgan fingerprint density at radius 1 is 1.39 bits per heavy atom. The SMILES string of the molecule is CC1=NC2=C(C(=O)CCC2)[C@H](c2cccs2)C1C(=O)OC(C)C. The third-order valence-corrected chi connectivity index (χ3v) is 5.25. The maximum atomic E-state index is 12.7.